The number of unbranched alkanes of at least 4 members (excludes halogenated alkanes) is 1. The van der Waals surface area contributed by atoms with Crippen molar-refractivity contribution in [2.75, 3.05) is 50.8 Å². The molecule has 1 amide bonds. The van der Waals surface area contributed by atoms with Crippen molar-refractivity contribution in [1.82, 2.24) is 19.2 Å². The molecule has 0 saturated carbocycles. The van der Waals surface area contributed by atoms with Gasteiger partial charge < -0.3 is 10.0 Å². The van der Waals surface area contributed by atoms with Gasteiger partial charge in [0.1, 0.15) is 15.8 Å². The van der Waals surface area contributed by atoms with E-state index in [-0.39, 0.29) is 18.1 Å². The molecule has 194 valence electrons. The first-order valence-corrected chi connectivity index (χ1v) is 14.0. The molecule has 4 heterocycles. The van der Waals surface area contributed by atoms with E-state index in [0.717, 1.165) is 38.8 Å². The number of aromatic nitrogens is 2. The highest BCUT2D eigenvalue weighted by atomic mass is 32.2. The second-order valence-electron chi connectivity index (χ2n) is 9.34. The van der Waals surface area contributed by atoms with Crippen LogP contribution in [0.3, 0.4) is 0 Å². The quantitative estimate of drug-likeness (QED) is 0.371. The molecule has 8 nitrogen and oxygen atoms in total. The average Bonchev–Trinajstić information content (AvgIpc) is 3.15. The van der Waals surface area contributed by atoms with Gasteiger partial charge in [0.2, 0.25) is 0 Å². The van der Waals surface area contributed by atoms with Gasteiger partial charge in [0.15, 0.2) is 0 Å². The summed E-state index contributed by atoms with van der Waals surface area (Å²) in [6.45, 7) is 8.63. The number of piperazine rings is 1. The third kappa shape index (κ3) is 5.82. The van der Waals surface area contributed by atoms with Crippen LogP contribution in [0.25, 0.3) is 11.7 Å². The fourth-order valence-electron chi connectivity index (χ4n) is 4.75. The zero-order valence-electron chi connectivity index (χ0n) is 21.1. The smallest absolute Gasteiger partial charge is 0.267 e. The summed E-state index contributed by atoms with van der Waals surface area (Å²) in [4.78, 5) is 38.3. The Morgan fingerprint density at radius 2 is 1.97 bits per heavy atom. The second kappa shape index (κ2) is 12.3. The summed E-state index contributed by atoms with van der Waals surface area (Å²) in [6.07, 6.45) is 7.73. The van der Waals surface area contributed by atoms with E-state index in [9.17, 15) is 14.7 Å². The molecule has 0 radical (unpaired) electrons. The van der Waals surface area contributed by atoms with Crippen LogP contribution in [0.5, 0.6) is 0 Å². The molecule has 2 aliphatic heterocycles. The van der Waals surface area contributed by atoms with Gasteiger partial charge in [-0.25, -0.2) is 4.98 Å². The average molecular weight is 530 g/mol. The third-order valence-corrected chi connectivity index (χ3v) is 8.35. The summed E-state index contributed by atoms with van der Waals surface area (Å²) in [5, 5.41) is 9.27. The number of anilines is 1. The summed E-state index contributed by atoms with van der Waals surface area (Å²) in [7, 11) is 0. The van der Waals surface area contributed by atoms with Crippen molar-refractivity contribution in [3.63, 3.8) is 0 Å². The van der Waals surface area contributed by atoms with Crippen LogP contribution in [0.2, 0.25) is 0 Å². The SMILES string of the molecule is CCCCC(CC)CN1C(=O)C(=Cc2c(N3CCN(CCO)CC3)nc3ccccn3c2=O)SC1=S. The number of hydrogen-bond donors (Lipinski definition) is 1. The molecule has 2 aliphatic rings. The molecule has 2 fully saturated rings. The highest BCUT2D eigenvalue weighted by molar-refractivity contribution is 8.26. The van der Waals surface area contributed by atoms with E-state index in [1.807, 2.05) is 12.1 Å². The minimum absolute atomic E-state index is 0.125. The van der Waals surface area contributed by atoms with Gasteiger partial charge in [-0.2, -0.15) is 0 Å². The molecular formula is C26H35N5O3S2. The first-order chi connectivity index (χ1) is 17.5. The largest absolute Gasteiger partial charge is 0.395 e. The lowest BCUT2D eigenvalue weighted by Crippen LogP contribution is -2.48. The van der Waals surface area contributed by atoms with Crippen molar-refractivity contribution in [3.8, 4) is 0 Å². The Balaban J connectivity index is 1.67. The van der Waals surface area contributed by atoms with E-state index >= 15 is 0 Å². The molecule has 0 spiro atoms. The number of fused-ring (bicyclic) bond motifs is 1. The van der Waals surface area contributed by atoms with Gasteiger partial charge >= 0.3 is 0 Å². The van der Waals surface area contributed by atoms with Gasteiger partial charge in [-0.3, -0.25) is 23.8 Å². The maximum Gasteiger partial charge on any atom is 0.267 e. The van der Waals surface area contributed by atoms with E-state index < -0.39 is 0 Å². The number of aliphatic hydroxyl groups is 1. The summed E-state index contributed by atoms with van der Waals surface area (Å²) >= 11 is 6.86. The Morgan fingerprint density at radius 3 is 2.67 bits per heavy atom. The highest BCUT2D eigenvalue weighted by Crippen LogP contribution is 2.35. The Kier molecular flexibility index (Phi) is 9.16. The number of rotatable bonds is 10. The number of carbonyl (C=O) groups is 1. The Hall–Kier alpha value is -2.27. The van der Waals surface area contributed by atoms with Gasteiger partial charge in [0.05, 0.1) is 17.1 Å². The maximum atomic E-state index is 13.6. The fourth-order valence-corrected chi connectivity index (χ4v) is 6.00. The van der Waals surface area contributed by atoms with Crippen LogP contribution in [-0.4, -0.2) is 80.4 Å². The number of aliphatic hydroxyl groups excluding tert-OH is 1. The molecule has 4 rings (SSSR count). The van der Waals surface area contributed by atoms with E-state index in [1.54, 1.807) is 23.2 Å². The molecule has 36 heavy (non-hydrogen) atoms. The molecule has 10 heteroatoms. The van der Waals surface area contributed by atoms with Crippen LogP contribution in [0.15, 0.2) is 34.1 Å². The molecular weight excluding hydrogens is 494 g/mol. The molecule has 0 aliphatic carbocycles. The zero-order valence-corrected chi connectivity index (χ0v) is 22.7. The number of hydrogen-bond acceptors (Lipinski definition) is 8. The number of thioether (sulfide) groups is 1. The van der Waals surface area contributed by atoms with E-state index in [2.05, 4.69) is 23.6 Å². The van der Waals surface area contributed by atoms with Crippen LogP contribution < -0.4 is 10.5 Å². The van der Waals surface area contributed by atoms with Gasteiger partial charge in [-0.05, 0) is 30.5 Å². The van der Waals surface area contributed by atoms with Gasteiger partial charge in [-0.1, -0.05) is 63.2 Å². The van der Waals surface area contributed by atoms with Gasteiger partial charge in [-0.15, -0.1) is 0 Å². The number of thiocarbonyl (C=S) groups is 1. The van der Waals surface area contributed by atoms with Crippen molar-refractivity contribution in [3.05, 3.63) is 45.2 Å². The van der Waals surface area contributed by atoms with Gasteiger partial charge in [0.25, 0.3) is 11.5 Å². The molecule has 0 aromatic carbocycles. The molecule has 1 N–H and O–H groups in total. The van der Waals surface area contributed by atoms with E-state index in [0.29, 0.717) is 58.4 Å². The van der Waals surface area contributed by atoms with E-state index in [4.69, 9.17) is 17.2 Å². The molecule has 2 aromatic heterocycles. The second-order valence-corrected chi connectivity index (χ2v) is 11.0. The summed E-state index contributed by atoms with van der Waals surface area (Å²) < 4.78 is 2.07. The summed E-state index contributed by atoms with van der Waals surface area (Å²) in [5.41, 5.74) is 0.780. The molecule has 2 saturated heterocycles. The fraction of sp³-hybridized carbons (Fsp3) is 0.538. The number of pyridine rings is 1. The summed E-state index contributed by atoms with van der Waals surface area (Å²) in [6, 6.07) is 5.48. The Labute approximate surface area is 222 Å². The Morgan fingerprint density at radius 1 is 1.19 bits per heavy atom. The van der Waals surface area contributed by atoms with Crippen molar-refractivity contribution in [2.45, 2.75) is 39.5 Å². The maximum absolute atomic E-state index is 13.6. The normalized spacial score (nSPS) is 19.1. The van der Waals surface area contributed by atoms with Crippen molar-refractivity contribution in [2.24, 2.45) is 5.92 Å². The van der Waals surface area contributed by atoms with Crippen LogP contribution in [0.1, 0.15) is 45.1 Å². The molecule has 1 unspecified atom stereocenters. The first kappa shape index (κ1) is 26.8. The summed E-state index contributed by atoms with van der Waals surface area (Å²) in [5.74, 6) is 0.872. The number of nitrogens with zero attached hydrogens (tertiary/aromatic N) is 5. The minimum Gasteiger partial charge on any atom is -0.395 e. The number of carbonyl (C=O) groups excluding carboxylic acids is 1. The lowest BCUT2D eigenvalue weighted by Gasteiger charge is -2.35. The van der Waals surface area contributed by atoms with Crippen LogP contribution in [-0.2, 0) is 4.79 Å². The van der Waals surface area contributed by atoms with Crippen LogP contribution in [0, 0.1) is 5.92 Å². The minimum atomic E-state index is -0.201. The van der Waals surface area contributed by atoms with Crippen molar-refractivity contribution >= 4 is 51.7 Å². The Bertz CT molecular complexity index is 1190. The topological polar surface area (TPSA) is 81.4 Å². The standard InChI is InChI=1S/C26H35N5O3S2/c1-3-5-8-19(4-2)18-31-25(34)21(36-26(31)35)17-20-23(29-13-11-28(12-14-29)15-16-32)27-22-9-6-7-10-30(22)24(20)33/h6-7,9-10,17,19,32H,3-5,8,11-16,18H2,1-2H3. The monoisotopic (exact) mass is 529 g/mol. The predicted molar refractivity (Wildman–Crippen MR) is 150 cm³/mol. The number of amides is 1. The van der Waals surface area contributed by atoms with Crippen LogP contribution in [0.4, 0.5) is 5.82 Å². The molecule has 2 aromatic rings. The van der Waals surface area contributed by atoms with Crippen molar-refractivity contribution < 1.29 is 9.90 Å². The third-order valence-electron chi connectivity index (χ3n) is 6.97. The lowest BCUT2D eigenvalue weighted by molar-refractivity contribution is -0.122. The predicted octanol–water partition coefficient (Wildman–Crippen LogP) is 3.23. The first-order valence-electron chi connectivity index (χ1n) is 12.8. The zero-order chi connectivity index (χ0) is 25.7. The van der Waals surface area contributed by atoms with E-state index in [1.165, 1.54) is 16.2 Å². The lowest BCUT2D eigenvalue weighted by atomic mass is 9.99. The molecule has 1 atom stereocenters. The molecule has 0 bridgehead atoms. The van der Waals surface area contributed by atoms with Crippen molar-refractivity contribution in [1.29, 1.82) is 0 Å². The highest BCUT2D eigenvalue weighted by Gasteiger charge is 2.34. The van der Waals surface area contributed by atoms with Crippen LogP contribution >= 0.6 is 24.0 Å². The van der Waals surface area contributed by atoms with Gasteiger partial charge in [0, 0.05) is 45.5 Å². The number of β-amino-alcohol motifs (C(OH)–C–C–N with tert-alkyl or cyclic N) is 1.